The number of anilines is 1. The van der Waals surface area contributed by atoms with Gasteiger partial charge < -0.3 is 5.32 Å². The number of rotatable bonds is 2. The molecule has 1 N–H and O–H groups in total. The van der Waals surface area contributed by atoms with E-state index in [0.717, 1.165) is 6.07 Å². The number of amides is 1. The molecule has 1 aromatic rings. The molecule has 2 rings (SSSR count). The van der Waals surface area contributed by atoms with Crippen LogP contribution in [0.25, 0.3) is 0 Å². The highest BCUT2D eigenvalue weighted by Gasteiger charge is 2.22. The molecule has 0 radical (unpaired) electrons. The van der Waals surface area contributed by atoms with Gasteiger partial charge in [-0.1, -0.05) is 11.6 Å². The molecule has 0 fully saturated rings. The van der Waals surface area contributed by atoms with Crippen molar-refractivity contribution >= 4 is 40.1 Å². The smallest absolute Gasteiger partial charge is 0.272 e. The zero-order valence-corrected chi connectivity index (χ0v) is 12.3. The fourth-order valence-corrected chi connectivity index (χ4v) is 2.47. The first-order valence-corrected chi connectivity index (χ1v) is 7.02. The Morgan fingerprint density at radius 2 is 2.20 bits per heavy atom. The highest BCUT2D eigenvalue weighted by atomic mass is 35.5. The Morgan fingerprint density at radius 3 is 2.85 bits per heavy atom. The van der Waals surface area contributed by atoms with Crippen LogP contribution in [0.15, 0.2) is 34.4 Å². The van der Waals surface area contributed by atoms with Gasteiger partial charge in [-0.15, -0.1) is 0 Å². The molecule has 0 aliphatic carbocycles. The van der Waals surface area contributed by atoms with Gasteiger partial charge in [0.1, 0.15) is 11.5 Å². The SMILES string of the molecule is CC1=NS(=O)N(C)C(C(=O)Nc2ccc(F)c(Cl)c2)=C1. The third-order valence-electron chi connectivity index (χ3n) is 2.55. The summed E-state index contributed by atoms with van der Waals surface area (Å²) in [5, 5.41) is 2.47. The average Bonchev–Trinajstić information content (AvgIpc) is 2.38. The predicted octanol–water partition coefficient (Wildman–Crippen LogP) is 2.29. The van der Waals surface area contributed by atoms with Gasteiger partial charge in [-0.3, -0.25) is 9.10 Å². The minimum Gasteiger partial charge on any atom is -0.321 e. The minimum absolute atomic E-state index is 0.0879. The number of hydrogen-bond acceptors (Lipinski definition) is 2. The molecule has 1 heterocycles. The first kappa shape index (κ1) is 14.7. The van der Waals surface area contributed by atoms with Crippen LogP contribution in [0, 0.1) is 5.82 Å². The second-order valence-corrected chi connectivity index (χ2v) is 5.67. The monoisotopic (exact) mass is 315 g/mol. The molecule has 0 saturated heterocycles. The van der Waals surface area contributed by atoms with E-state index in [9.17, 15) is 13.4 Å². The van der Waals surface area contributed by atoms with Crippen molar-refractivity contribution in [2.45, 2.75) is 6.92 Å². The van der Waals surface area contributed by atoms with Gasteiger partial charge in [0, 0.05) is 12.7 Å². The van der Waals surface area contributed by atoms with Crippen LogP contribution < -0.4 is 5.32 Å². The van der Waals surface area contributed by atoms with E-state index in [1.807, 2.05) is 0 Å². The van der Waals surface area contributed by atoms with Gasteiger partial charge in [-0.05, 0) is 31.2 Å². The Kier molecular flexibility index (Phi) is 4.20. The van der Waals surface area contributed by atoms with Crippen molar-refractivity contribution in [3.05, 3.63) is 40.8 Å². The van der Waals surface area contributed by atoms with Gasteiger partial charge in [0.15, 0.2) is 0 Å². The number of benzene rings is 1. The standard InChI is InChI=1S/C12H11ClFN3O2S/c1-7-5-11(17(2)20(19)16-7)12(18)15-8-3-4-10(14)9(13)6-8/h3-6H,1-2H3,(H,15,18). The summed E-state index contributed by atoms with van der Waals surface area (Å²) in [4.78, 5) is 12.1. The summed E-state index contributed by atoms with van der Waals surface area (Å²) in [6.07, 6.45) is 1.52. The van der Waals surface area contributed by atoms with Crippen LogP contribution in [0.3, 0.4) is 0 Å². The van der Waals surface area contributed by atoms with Gasteiger partial charge in [0.05, 0.1) is 10.7 Å². The molecule has 1 amide bonds. The topological polar surface area (TPSA) is 61.8 Å². The lowest BCUT2D eigenvalue weighted by Crippen LogP contribution is -2.31. The number of carbonyl (C=O) groups excluding carboxylic acids is 1. The third-order valence-corrected chi connectivity index (χ3v) is 3.95. The molecule has 1 aliphatic heterocycles. The number of nitrogens with zero attached hydrogens (tertiary/aromatic N) is 2. The summed E-state index contributed by atoms with van der Waals surface area (Å²) in [5.41, 5.74) is 1.04. The highest BCUT2D eigenvalue weighted by molar-refractivity contribution is 7.81. The van der Waals surface area contributed by atoms with Crippen molar-refractivity contribution < 1.29 is 13.4 Å². The van der Waals surface area contributed by atoms with Crippen LogP contribution in [0.4, 0.5) is 10.1 Å². The molecular weight excluding hydrogens is 305 g/mol. The van der Waals surface area contributed by atoms with Gasteiger partial charge in [-0.2, -0.15) is 4.40 Å². The number of hydrogen-bond donors (Lipinski definition) is 1. The maximum atomic E-state index is 13.0. The van der Waals surface area contributed by atoms with Crippen molar-refractivity contribution in [1.82, 2.24) is 4.31 Å². The van der Waals surface area contributed by atoms with Crippen LogP contribution in [0.5, 0.6) is 0 Å². The molecule has 1 aliphatic rings. The molecule has 0 bridgehead atoms. The highest BCUT2D eigenvalue weighted by Crippen LogP contribution is 2.21. The number of nitrogens with one attached hydrogen (secondary N) is 1. The summed E-state index contributed by atoms with van der Waals surface area (Å²) in [7, 11) is 1.50. The summed E-state index contributed by atoms with van der Waals surface area (Å²) >= 11 is 4.01. The maximum Gasteiger partial charge on any atom is 0.272 e. The third kappa shape index (κ3) is 3.05. The van der Waals surface area contributed by atoms with Crippen LogP contribution in [0.2, 0.25) is 5.02 Å². The van der Waals surface area contributed by atoms with Gasteiger partial charge in [0.25, 0.3) is 5.91 Å². The van der Waals surface area contributed by atoms with Crippen LogP contribution >= 0.6 is 11.6 Å². The molecule has 20 heavy (non-hydrogen) atoms. The zero-order valence-electron chi connectivity index (χ0n) is 10.7. The van der Waals surface area contributed by atoms with Gasteiger partial charge >= 0.3 is 0 Å². The van der Waals surface area contributed by atoms with E-state index >= 15 is 0 Å². The predicted molar refractivity (Wildman–Crippen MR) is 77.1 cm³/mol. The minimum atomic E-state index is -1.63. The Hall–Kier alpha value is -1.73. The summed E-state index contributed by atoms with van der Waals surface area (Å²) in [6.45, 7) is 1.65. The Labute approximate surface area is 122 Å². The van der Waals surface area contributed by atoms with Crippen LogP contribution in [-0.4, -0.2) is 27.2 Å². The number of carbonyl (C=O) groups is 1. The van der Waals surface area contributed by atoms with Crippen molar-refractivity contribution in [3.63, 3.8) is 0 Å². The van der Waals surface area contributed by atoms with E-state index < -0.39 is 22.9 Å². The fourth-order valence-electron chi connectivity index (χ4n) is 1.56. The van der Waals surface area contributed by atoms with E-state index in [4.69, 9.17) is 11.6 Å². The molecule has 5 nitrogen and oxygen atoms in total. The van der Waals surface area contributed by atoms with Crippen molar-refractivity contribution in [2.24, 2.45) is 4.40 Å². The quantitative estimate of drug-likeness (QED) is 0.910. The second kappa shape index (κ2) is 5.72. The zero-order chi connectivity index (χ0) is 14.9. The first-order chi connectivity index (χ1) is 9.38. The average molecular weight is 316 g/mol. The van der Waals surface area contributed by atoms with Crippen molar-refractivity contribution in [2.75, 3.05) is 12.4 Å². The van der Waals surface area contributed by atoms with Gasteiger partial charge in [0.2, 0.25) is 11.2 Å². The van der Waals surface area contributed by atoms with Gasteiger partial charge in [-0.25, -0.2) is 8.60 Å². The van der Waals surface area contributed by atoms with E-state index in [1.54, 1.807) is 6.92 Å². The summed E-state index contributed by atoms with van der Waals surface area (Å²) in [6, 6.07) is 3.85. The van der Waals surface area contributed by atoms with Crippen LogP contribution in [-0.2, 0) is 16.0 Å². The summed E-state index contributed by atoms with van der Waals surface area (Å²) < 4.78 is 29.7. The second-order valence-electron chi connectivity index (χ2n) is 4.07. The molecule has 0 aromatic heterocycles. The normalized spacial score (nSPS) is 18.4. The van der Waals surface area contributed by atoms with E-state index in [0.29, 0.717) is 11.4 Å². The lowest BCUT2D eigenvalue weighted by molar-refractivity contribution is -0.113. The van der Waals surface area contributed by atoms with Crippen LogP contribution in [0.1, 0.15) is 6.92 Å². The molecule has 0 spiro atoms. The number of allylic oxidation sites excluding steroid dienone is 1. The lowest BCUT2D eigenvalue weighted by atomic mass is 10.2. The molecule has 106 valence electrons. The molecular formula is C12H11ClFN3O2S. The maximum absolute atomic E-state index is 13.0. The van der Waals surface area contributed by atoms with E-state index in [1.165, 1.54) is 29.6 Å². The van der Waals surface area contributed by atoms with E-state index in [-0.39, 0.29) is 10.7 Å². The molecule has 8 heteroatoms. The Morgan fingerprint density at radius 1 is 1.50 bits per heavy atom. The van der Waals surface area contributed by atoms with E-state index in [2.05, 4.69) is 9.71 Å². The Bertz CT molecular complexity index is 660. The summed E-state index contributed by atoms with van der Waals surface area (Å²) in [5.74, 6) is -1.04. The number of halogens is 2. The molecule has 1 atom stereocenters. The number of likely N-dealkylation sites (N-methyl/N-ethyl adjacent to an activating group) is 1. The molecule has 1 unspecified atom stereocenters. The largest absolute Gasteiger partial charge is 0.321 e. The van der Waals surface area contributed by atoms with Crippen molar-refractivity contribution in [1.29, 1.82) is 0 Å². The molecule has 1 aromatic carbocycles. The lowest BCUT2D eigenvalue weighted by Gasteiger charge is -2.21. The first-order valence-electron chi connectivity index (χ1n) is 5.57. The Balaban J connectivity index is 2.22. The fraction of sp³-hybridized carbons (Fsp3) is 0.167. The molecule has 0 saturated carbocycles. The van der Waals surface area contributed by atoms with Crippen molar-refractivity contribution in [3.8, 4) is 0 Å².